The fourth-order valence-corrected chi connectivity index (χ4v) is 5.84. The lowest BCUT2D eigenvalue weighted by Crippen LogP contribution is -2.30. The number of nitrogens with zero attached hydrogens (tertiary/aromatic N) is 4. The Bertz CT molecular complexity index is 976. The predicted molar refractivity (Wildman–Crippen MR) is 122 cm³/mol. The first-order valence-corrected chi connectivity index (χ1v) is 10.2. The van der Waals surface area contributed by atoms with Gasteiger partial charge >= 0.3 is 0 Å². The maximum atomic E-state index is 4.83. The quantitative estimate of drug-likeness (QED) is 0.572. The van der Waals surface area contributed by atoms with E-state index in [4.69, 9.17) is 4.98 Å². The zero-order valence-corrected chi connectivity index (χ0v) is 18.8. The summed E-state index contributed by atoms with van der Waals surface area (Å²) in [7, 11) is 2.28. The summed E-state index contributed by atoms with van der Waals surface area (Å²) in [6.07, 6.45) is 0. The number of thiophene rings is 1. The Morgan fingerprint density at radius 1 is 1.00 bits per heavy atom. The summed E-state index contributed by atoms with van der Waals surface area (Å²) in [4.78, 5) is 14.5. The Kier molecular flexibility index (Phi) is 6.20. The van der Waals surface area contributed by atoms with Gasteiger partial charge in [0.2, 0.25) is 0 Å². The summed E-state index contributed by atoms with van der Waals surface area (Å²) in [5, 5.41) is 2.13. The monoisotopic (exact) mass is 436 g/mol. The molecule has 5 rings (SSSR count). The number of aromatic nitrogens is 2. The third-order valence-corrected chi connectivity index (χ3v) is 7.00. The Balaban J connectivity index is 0.00000112. The molecule has 0 amide bonds. The van der Waals surface area contributed by atoms with Crippen LogP contribution in [0, 0.1) is 25.7 Å². The first-order chi connectivity index (χ1) is 12.6. The number of benzene rings is 1. The maximum absolute atomic E-state index is 4.83. The highest BCUT2D eigenvalue weighted by atomic mass is 35.5. The fraction of sp³-hybridized carbons (Fsp3) is 0.429. The molecule has 4 heterocycles. The van der Waals surface area contributed by atoms with Crippen LogP contribution in [0.5, 0.6) is 0 Å². The number of likely N-dealkylation sites (tertiary alicyclic amines) is 1. The van der Waals surface area contributed by atoms with E-state index in [2.05, 4.69) is 64.5 Å². The normalized spacial score (nSPS) is 24.1. The highest BCUT2D eigenvalue weighted by molar-refractivity contribution is 7.17. The van der Waals surface area contributed by atoms with Gasteiger partial charge in [-0.15, -0.1) is 36.2 Å². The third-order valence-electron chi connectivity index (χ3n) is 6.10. The number of hydrogen-bond acceptors (Lipinski definition) is 5. The summed E-state index contributed by atoms with van der Waals surface area (Å²) in [5.41, 5.74) is 3.98. The lowest BCUT2D eigenvalue weighted by molar-refractivity contribution is 0.279. The second-order valence-corrected chi connectivity index (χ2v) is 8.72. The fourth-order valence-electron chi connectivity index (χ4n) is 4.99. The zero-order chi connectivity index (χ0) is 17.8. The minimum Gasteiger partial charge on any atom is -0.355 e. The molecule has 3 atom stereocenters. The number of hydrogen-bond donors (Lipinski definition) is 0. The van der Waals surface area contributed by atoms with Crippen LogP contribution in [0.2, 0.25) is 0 Å². The van der Waals surface area contributed by atoms with E-state index in [0.29, 0.717) is 17.9 Å². The van der Waals surface area contributed by atoms with Gasteiger partial charge in [-0.2, -0.15) is 0 Å². The molecular weight excluding hydrogens is 411 g/mol. The van der Waals surface area contributed by atoms with Crippen molar-refractivity contribution in [1.82, 2.24) is 14.9 Å². The average Bonchev–Trinajstić information content (AvgIpc) is 3.29. The van der Waals surface area contributed by atoms with Crippen molar-refractivity contribution in [1.29, 1.82) is 0 Å². The molecule has 0 aliphatic carbocycles. The average molecular weight is 437 g/mol. The van der Waals surface area contributed by atoms with Crippen LogP contribution in [0.3, 0.4) is 0 Å². The molecule has 0 spiro atoms. The lowest BCUT2D eigenvalue weighted by Gasteiger charge is -2.28. The molecule has 150 valence electrons. The topological polar surface area (TPSA) is 32.3 Å². The molecule has 28 heavy (non-hydrogen) atoms. The minimum atomic E-state index is 0. The summed E-state index contributed by atoms with van der Waals surface area (Å²) < 4.78 is 1.23. The minimum absolute atomic E-state index is 0. The molecule has 0 saturated carbocycles. The van der Waals surface area contributed by atoms with Crippen LogP contribution in [0.1, 0.15) is 23.0 Å². The Morgan fingerprint density at radius 2 is 1.79 bits per heavy atom. The van der Waals surface area contributed by atoms with E-state index in [-0.39, 0.29) is 24.8 Å². The van der Waals surface area contributed by atoms with Crippen molar-refractivity contribution in [2.75, 3.05) is 31.6 Å². The van der Waals surface area contributed by atoms with Crippen LogP contribution in [0.25, 0.3) is 10.2 Å². The molecule has 2 aliphatic heterocycles. The molecule has 2 aromatic heterocycles. The standard InChI is InChI=1S/C21H24N4S.2ClH/c1-13-6-4-5-7-16(13)19-17-12-25(11-15(17)10-24(19)3)21-20-18(8-9-26-20)22-14(2)23-21;;/h4-9,15,17,19H,10-12H2,1-3H3;2*1H/t15-,17+,19+;;/m0../s1. The smallest absolute Gasteiger partial charge is 0.150 e. The van der Waals surface area contributed by atoms with Crippen LogP contribution in [0.15, 0.2) is 35.7 Å². The maximum Gasteiger partial charge on any atom is 0.150 e. The summed E-state index contributed by atoms with van der Waals surface area (Å²) in [6, 6.07) is 11.5. The van der Waals surface area contributed by atoms with Gasteiger partial charge in [0.05, 0.1) is 10.2 Å². The van der Waals surface area contributed by atoms with Crippen molar-refractivity contribution >= 4 is 52.2 Å². The molecule has 4 nitrogen and oxygen atoms in total. The number of aryl methyl sites for hydroxylation is 2. The van der Waals surface area contributed by atoms with Crippen molar-refractivity contribution in [2.45, 2.75) is 19.9 Å². The van der Waals surface area contributed by atoms with E-state index in [0.717, 1.165) is 36.8 Å². The summed E-state index contributed by atoms with van der Waals surface area (Å²) in [6.45, 7) is 7.59. The lowest BCUT2D eigenvalue weighted by atomic mass is 9.88. The van der Waals surface area contributed by atoms with Crippen molar-refractivity contribution in [2.24, 2.45) is 11.8 Å². The van der Waals surface area contributed by atoms with Gasteiger partial charge in [0.15, 0.2) is 0 Å². The van der Waals surface area contributed by atoms with Gasteiger partial charge in [-0.25, -0.2) is 9.97 Å². The number of rotatable bonds is 2. The van der Waals surface area contributed by atoms with E-state index in [9.17, 15) is 0 Å². The Morgan fingerprint density at radius 3 is 2.57 bits per heavy atom. The molecule has 0 unspecified atom stereocenters. The van der Waals surface area contributed by atoms with Crippen LogP contribution in [-0.2, 0) is 0 Å². The third kappa shape index (κ3) is 3.39. The molecule has 2 saturated heterocycles. The van der Waals surface area contributed by atoms with Gasteiger partial charge in [0.25, 0.3) is 0 Å². The van der Waals surface area contributed by atoms with Crippen molar-refractivity contribution in [3.8, 4) is 0 Å². The number of halogens is 2. The van der Waals surface area contributed by atoms with Crippen molar-refractivity contribution < 1.29 is 0 Å². The van der Waals surface area contributed by atoms with Crippen LogP contribution < -0.4 is 4.90 Å². The summed E-state index contributed by atoms with van der Waals surface area (Å²) in [5.74, 6) is 3.37. The van der Waals surface area contributed by atoms with Gasteiger partial charge < -0.3 is 4.90 Å². The van der Waals surface area contributed by atoms with Gasteiger partial charge in [-0.3, -0.25) is 4.90 Å². The molecule has 0 N–H and O–H groups in total. The molecule has 7 heteroatoms. The van der Waals surface area contributed by atoms with Crippen LogP contribution in [0.4, 0.5) is 5.82 Å². The predicted octanol–water partition coefficient (Wildman–Crippen LogP) is 4.89. The highest BCUT2D eigenvalue weighted by Crippen LogP contribution is 2.46. The van der Waals surface area contributed by atoms with Crippen LogP contribution in [-0.4, -0.2) is 41.5 Å². The molecule has 2 fully saturated rings. The second kappa shape index (κ2) is 8.15. The van der Waals surface area contributed by atoms with Crippen LogP contribution >= 0.6 is 36.2 Å². The first kappa shape index (κ1) is 21.3. The van der Waals surface area contributed by atoms with E-state index in [1.165, 1.54) is 15.8 Å². The summed E-state index contributed by atoms with van der Waals surface area (Å²) >= 11 is 1.76. The van der Waals surface area contributed by atoms with Gasteiger partial charge in [-0.1, -0.05) is 24.3 Å². The van der Waals surface area contributed by atoms with Gasteiger partial charge in [0, 0.05) is 31.6 Å². The number of anilines is 1. The van der Waals surface area contributed by atoms with Gasteiger partial charge in [0.1, 0.15) is 11.6 Å². The molecule has 3 aromatic rings. The van der Waals surface area contributed by atoms with E-state index >= 15 is 0 Å². The SMILES string of the molecule is Cc1nc(N2C[C@@H]3CN(C)[C@H](c4ccccc4C)[C@@H]3C2)c2sccc2n1.Cl.Cl. The van der Waals surface area contributed by atoms with E-state index in [1.807, 2.05) is 6.92 Å². The Labute approximate surface area is 182 Å². The zero-order valence-electron chi connectivity index (χ0n) is 16.3. The van der Waals surface area contributed by atoms with E-state index in [1.54, 1.807) is 11.3 Å². The largest absolute Gasteiger partial charge is 0.355 e. The highest BCUT2D eigenvalue weighted by Gasteiger charge is 2.47. The number of fused-ring (bicyclic) bond motifs is 2. The van der Waals surface area contributed by atoms with E-state index < -0.39 is 0 Å². The molecule has 0 bridgehead atoms. The molecular formula is C21H26Cl2N4S. The van der Waals surface area contributed by atoms with Crippen molar-refractivity contribution in [3.05, 3.63) is 52.7 Å². The Hall–Kier alpha value is -1.40. The molecule has 1 aromatic carbocycles. The molecule has 0 radical (unpaired) electrons. The van der Waals surface area contributed by atoms with Gasteiger partial charge in [-0.05, 0) is 49.4 Å². The first-order valence-electron chi connectivity index (χ1n) is 9.34. The molecule has 2 aliphatic rings. The van der Waals surface area contributed by atoms with Crippen molar-refractivity contribution in [3.63, 3.8) is 0 Å². The second-order valence-electron chi connectivity index (χ2n) is 7.80.